The Morgan fingerprint density at radius 3 is 2.53 bits per heavy atom. The maximum absolute atomic E-state index is 13.0. The fraction of sp³-hybridized carbons (Fsp3) is 0.375. The van der Waals surface area contributed by atoms with Gasteiger partial charge in [-0.15, -0.1) is 0 Å². The lowest BCUT2D eigenvalue weighted by Crippen LogP contribution is -2.48. The first kappa shape index (κ1) is 27.4. The molecule has 0 unspecified atom stereocenters. The summed E-state index contributed by atoms with van der Waals surface area (Å²) in [6.07, 6.45) is 3.07. The SMILES string of the molecule is CN(C)C(=O)CNSC1(CO/C(N)=c2/c(=C\N)cc(C(=O)NCc3ccc(Cl)cc3)c(=O)n2C)CC1. The van der Waals surface area contributed by atoms with Crippen molar-refractivity contribution in [2.24, 2.45) is 18.5 Å². The van der Waals surface area contributed by atoms with Crippen molar-refractivity contribution in [1.82, 2.24) is 19.5 Å². The molecule has 1 aromatic carbocycles. The summed E-state index contributed by atoms with van der Waals surface area (Å²) in [5.41, 5.74) is 12.3. The molecule has 12 heteroatoms. The summed E-state index contributed by atoms with van der Waals surface area (Å²) in [4.78, 5) is 39.0. The second-order valence-corrected chi connectivity index (χ2v) is 10.5. The monoisotopic (exact) mass is 534 g/mol. The number of nitrogens with one attached hydrogen (secondary N) is 2. The predicted octanol–water partition coefficient (Wildman–Crippen LogP) is -0.435. The lowest BCUT2D eigenvalue weighted by atomic mass is 10.2. The van der Waals surface area contributed by atoms with E-state index in [0.29, 0.717) is 10.2 Å². The number of halogens is 1. The van der Waals surface area contributed by atoms with Crippen LogP contribution in [0.4, 0.5) is 0 Å². The molecule has 10 nitrogen and oxygen atoms in total. The number of aromatic nitrogens is 1. The number of likely N-dealkylation sites (N-methyl/N-ethyl adjacent to an activating group) is 1. The molecule has 1 aliphatic rings. The Kier molecular flexibility index (Phi) is 8.93. The summed E-state index contributed by atoms with van der Waals surface area (Å²) in [5, 5.41) is 4.00. The van der Waals surface area contributed by atoms with Gasteiger partial charge in [0.1, 0.15) is 17.5 Å². The highest BCUT2D eigenvalue weighted by Gasteiger charge is 2.45. The van der Waals surface area contributed by atoms with Crippen LogP contribution in [0, 0.1) is 0 Å². The minimum atomic E-state index is -0.536. The first-order chi connectivity index (χ1) is 17.1. The van der Waals surface area contributed by atoms with E-state index in [2.05, 4.69) is 10.0 Å². The van der Waals surface area contributed by atoms with Gasteiger partial charge in [0, 0.05) is 44.1 Å². The molecule has 6 N–H and O–H groups in total. The van der Waals surface area contributed by atoms with Crippen molar-refractivity contribution in [3.05, 3.63) is 67.4 Å². The Balaban J connectivity index is 1.74. The largest absolute Gasteiger partial charge is 0.476 e. The van der Waals surface area contributed by atoms with Crippen LogP contribution in [0.1, 0.15) is 28.8 Å². The number of ether oxygens (including phenoxy) is 1. The number of nitrogens with zero attached hydrogens (tertiary/aromatic N) is 2. The summed E-state index contributed by atoms with van der Waals surface area (Å²) < 4.78 is 9.98. The lowest BCUT2D eigenvalue weighted by molar-refractivity contribution is -0.127. The van der Waals surface area contributed by atoms with Crippen molar-refractivity contribution in [2.45, 2.75) is 24.1 Å². The Hall–Kier alpha value is -3.15. The van der Waals surface area contributed by atoms with E-state index in [0.717, 1.165) is 18.4 Å². The number of rotatable bonds is 10. The molecule has 1 aromatic heterocycles. The molecule has 194 valence electrons. The zero-order valence-corrected chi connectivity index (χ0v) is 22.0. The number of hydrogen-bond donors (Lipinski definition) is 4. The van der Waals surface area contributed by atoms with Crippen molar-refractivity contribution in [1.29, 1.82) is 0 Å². The minimum absolute atomic E-state index is 0.0238. The molecule has 0 saturated heterocycles. The van der Waals surface area contributed by atoms with Gasteiger partial charge < -0.3 is 31.0 Å². The molecule has 2 aromatic rings. The topological polar surface area (TPSA) is 145 Å². The molecule has 0 bridgehead atoms. The van der Waals surface area contributed by atoms with Crippen LogP contribution in [0.5, 0.6) is 0 Å². The van der Waals surface area contributed by atoms with Crippen LogP contribution >= 0.6 is 23.5 Å². The summed E-state index contributed by atoms with van der Waals surface area (Å²) in [6, 6.07) is 8.43. The average Bonchev–Trinajstić information content (AvgIpc) is 3.63. The van der Waals surface area contributed by atoms with Gasteiger partial charge in [0.15, 0.2) is 0 Å². The van der Waals surface area contributed by atoms with E-state index >= 15 is 0 Å². The smallest absolute Gasteiger partial charge is 0.263 e. The Labute approximate surface area is 218 Å². The Morgan fingerprint density at radius 2 is 1.94 bits per heavy atom. The van der Waals surface area contributed by atoms with Crippen LogP contribution in [0.2, 0.25) is 5.02 Å². The quantitative estimate of drug-likeness (QED) is 0.300. The van der Waals surface area contributed by atoms with Crippen LogP contribution < -0.4 is 37.6 Å². The molecular weight excluding hydrogens is 504 g/mol. The second-order valence-electron chi connectivity index (χ2n) is 8.75. The van der Waals surface area contributed by atoms with Crippen molar-refractivity contribution >= 4 is 47.4 Å². The highest BCUT2D eigenvalue weighted by Crippen LogP contribution is 2.47. The zero-order valence-electron chi connectivity index (χ0n) is 20.5. The predicted molar refractivity (Wildman–Crippen MR) is 142 cm³/mol. The summed E-state index contributed by atoms with van der Waals surface area (Å²) in [6.45, 7) is 0.725. The van der Waals surface area contributed by atoms with Crippen molar-refractivity contribution in [2.75, 3.05) is 27.2 Å². The molecular formula is C24H31ClN6O4S. The molecule has 2 amide bonds. The van der Waals surface area contributed by atoms with Gasteiger partial charge >= 0.3 is 0 Å². The summed E-state index contributed by atoms with van der Waals surface area (Å²) >= 11 is 7.34. The van der Waals surface area contributed by atoms with Gasteiger partial charge in [-0.3, -0.25) is 19.1 Å². The summed E-state index contributed by atoms with van der Waals surface area (Å²) in [7, 11) is 4.91. The van der Waals surface area contributed by atoms with E-state index in [1.54, 1.807) is 38.4 Å². The van der Waals surface area contributed by atoms with Crippen molar-refractivity contribution in [3.8, 4) is 0 Å². The molecule has 1 aliphatic carbocycles. The first-order valence-corrected chi connectivity index (χ1v) is 12.4. The molecule has 0 atom stereocenters. The van der Waals surface area contributed by atoms with E-state index in [-0.39, 0.29) is 47.1 Å². The van der Waals surface area contributed by atoms with Crippen molar-refractivity contribution in [3.63, 3.8) is 0 Å². The average molecular weight is 535 g/mol. The third-order valence-electron chi connectivity index (χ3n) is 5.78. The first-order valence-electron chi connectivity index (χ1n) is 11.2. The van der Waals surface area contributed by atoms with E-state index in [1.807, 2.05) is 0 Å². The lowest BCUT2D eigenvalue weighted by Gasteiger charge is -2.18. The van der Waals surface area contributed by atoms with Crippen LogP contribution in [0.3, 0.4) is 0 Å². The fourth-order valence-corrected chi connectivity index (χ4v) is 4.39. The fourth-order valence-electron chi connectivity index (χ4n) is 3.34. The highest BCUT2D eigenvalue weighted by molar-refractivity contribution is 7.99. The number of nitrogens with two attached hydrogens (primary N) is 2. The number of amides is 2. The van der Waals surface area contributed by atoms with E-state index in [4.69, 9.17) is 27.8 Å². The third kappa shape index (κ3) is 6.74. The number of benzene rings is 1. The molecule has 0 aliphatic heterocycles. The van der Waals surface area contributed by atoms with Gasteiger partial charge in [-0.2, -0.15) is 0 Å². The van der Waals surface area contributed by atoms with Crippen LogP contribution in [-0.2, 0) is 23.1 Å². The molecule has 1 heterocycles. The van der Waals surface area contributed by atoms with Crippen molar-refractivity contribution < 1.29 is 14.3 Å². The molecule has 3 rings (SSSR count). The van der Waals surface area contributed by atoms with Crippen LogP contribution in [0.25, 0.3) is 12.1 Å². The maximum atomic E-state index is 13.0. The second kappa shape index (κ2) is 11.7. The van der Waals surface area contributed by atoms with E-state index in [1.165, 1.54) is 40.7 Å². The van der Waals surface area contributed by atoms with Crippen LogP contribution in [0.15, 0.2) is 35.1 Å². The zero-order chi connectivity index (χ0) is 26.5. The molecule has 36 heavy (non-hydrogen) atoms. The highest BCUT2D eigenvalue weighted by atomic mass is 35.5. The van der Waals surface area contributed by atoms with Gasteiger partial charge in [-0.1, -0.05) is 35.7 Å². The molecule has 0 radical (unpaired) electrons. The van der Waals surface area contributed by atoms with Gasteiger partial charge in [0.05, 0.1) is 11.3 Å². The van der Waals surface area contributed by atoms with Gasteiger partial charge in [-0.25, -0.2) is 0 Å². The van der Waals surface area contributed by atoms with Crippen LogP contribution in [-0.4, -0.2) is 53.3 Å². The number of carbonyl (C=O) groups excluding carboxylic acids is 2. The Bertz CT molecular complexity index is 1310. The number of hydrogen-bond acceptors (Lipinski definition) is 8. The maximum Gasteiger partial charge on any atom is 0.263 e. The number of carbonyl (C=O) groups is 2. The minimum Gasteiger partial charge on any atom is -0.476 e. The molecule has 0 spiro atoms. The normalized spacial score (nSPS) is 15.3. The van der Waals surface area contributed by atoms with E-state index < -0.39 is 11.5 Å². The summed E-state index contributed by atoms with van der Waals surface area (Å²) in [5.74, 6) is -0.539. The van der Waals surface area contributed by atoms with Gasteiger partial charge in [0.25, 0.3) is 11.5 Å². The standard InChI is InChI=1S/C24H31ClN6O4S/c1-30(2)19(32)13-29-36-24(8-9-24)14-35-21(27)20-16(11-26)10-18(23(34)31(20)3)22(33)28-12-15-4-6-17(25)7-5-15/h4-7,10-11,29H,8-9,12-14,26-27H2,1-3H3,(H,28,33)/b16-11-,21-20-. The third-order valence-corrected chi connectivity index (χ3v) is 7.28. The molecule has 1 saturated carbocycles. The molecule has 1 fully saturated rings. The Morgan fingerprint density at radius 1 is 1.28 bits per heavy atom. The van der Waals surface area contributed by atoms with Gasteiger partial charge in [-0.05, 0) is 36.6 Å². The van der Waals surface area contributed by atoms with E-state index in [9.17, 15) is 14.4 Å². The number of pyridine rings is 1. The van der Waals surface area contributed by atoms with Gasteiger partial charge in [0.2, 0.25) is 11.8 Å².